The Morgan fingerprint density at radius 1 is 0.826 bits per heavy atom. The van der Waals surface area contributed by atoms with Crippen LogP contribution in [-0.4, -0.2) is 19.0 Å². The molecule has 0 N–H and O–H groups in total. The first-order chi connectivity index (χ1) is 10.9. The molecular weight excluding hydrogens is 576 g/mol. The maximum Gasteiger partial charge on any atom is 0.197 e. The van der Waals surface area contributed by atoms with E-state index in [4.69, 9.17) is 0 Å². The normalized spacial score (nSPS) is 11.7. The number of ketones is 2. The predicted molar refractivity (Wildman–Crippen MR) is 111 cm³/mol. The van der Waals surface area contributed by atoms with Crippen molar-refractivity contribution >= 4 is 107 Å². The Morgan fingerprint density at radius 2 is 1.48 bits per heavy atom. The Balaban J connectivity index is 2.16. The second-order valence-corrected chi connectivity index (χ2v) is 12.0. The van der Waals surface area contributed by atoms with E-state index in [2.05, 4.69) is 63.7 Å². The summed E-state index contributed by atoms with van der Waals surface area (Å²) < 4.78 is 0.282. The van der Waals surface area contributed by atoms with E-state index >= 15 is 0 Å². The van der Waals surface area contributed by atoms with Crippen LogP contribution in [0.5, 0.6) is 0 Å². The zero-order valence-electron chi connectivity index (χ0n) is 11.4. The van der Waals surface area contributed by atoms with E-state index in [1.54, 1.807) is 0 Å². The van der Waals surface area contributed by atoms with Crippen LogP contribution >= 0.6 is 75.1 Å². The molecule has 118 valence electrons. The molecular formula is C16H8Br4O2S. The molecule has 0 fully saturated rings. The standard InChI is InChI=1S/C16H8Br4O2S/c17-15(18)12(21)8-3-4-10-7(5-8)1-2-9-6-11(23-14(9)10)13(22)16(19)20/h1-6,15-16H. The van der Waals surface area contributed by atoms with Crippen LogP contribution in [0, 0.1) is 0 Å². The Hall–Kier alpha value is -0.0800. The molecule has 0 aliphatic heterocycles. The van der Waals surface area contributed by atoms with Crippen LogP contribution in [-0.2, 0) is 0 Å². The number of fused-ring (bicyclic) bond motifs is 3. The fraction of sp³-hybridized carbons (Fsp3) is 0.125. The van der Waals surface area contributed by atoms with Gasteiger partial charge in [-0.05, 0) is 28.3 Å². The number of carbonyl (C=O) groups excluding carboxylic acids is 2. The average molecular weight is 584 g/mol. The smallest absolute Gasteiger partial charge is 0.197 e. The van der Waals surface area contributed by atoms with Gasteiger partial charge in [-0.1, -0.05) is 88.0 Å². The number of benzene rings is 2. The van der Waals surface area contributed by atoms with Gasteiger partial charge in [0.1, 0.15) is 7.47 Å². The first-order valence-corrected chi connectivity index (χ1v) is 11.0. The maximum atomic E-state index is 12.1. The minimum Gasteiger partial charge on any atom is -0.292 e. The van der Waals surface area contributed by atoms with Gasteiger partial charge < -0.3 is 0 Å². The SMILES string of the molecule is O=C(c1ccc2c(ccc3cc(C(=O)C(Br)Br)sc32)c1)C(Br)Br. The van der Waals surface area contributed by atoms with E-state index in [-0.39, 0.29) is 15.3 Å². The minimum absolute atomic E-state index is 0.00701. The summed E-state index contributed by atoms with van der Waals surface area (Å²) in [4.78, 5) is 24.9. The lowest BCUT2D eigenvalue weighted by Crippen LogP contribution is -2.06. The fourth-order valence-corrected chi connectivity index (χ4v) is 4.82. The zero-order chi connectivity index (χ0) is 16.7. The van der Waals surface area contributed by atoms with Crippen molar-refractivity contribution in [3.8, 4) is 0 Å². The molecule has 0 atom stereocenters. The van der Waals surface area contributed by atoms with Crippen molar-refractivity contribution in [2.24, 2.45) is 0 Å². The number of carbonyl (C=O) groups is 2. The molecule has 3 aromatic rings. The van der Waals surface area contributed by atoms with Gasteiger partial charge in [-0.2, -0.15) is 0 Å². The Bertz CT molecular complexity index is 930. The van der Waals surface area contributed by atoms with Crippen LogP contribution in [0.2, 0.25) is 0 Å². The van der Waals surface area contributed by atoms with Crippen LogP contribution in [0.15, 0.2) is 36.4 Å². The molecule has 0 saturated heterocycles. The molecule has 3 rings (SSSR count). The number of Topliss-reactive ketones (excluding diaryl/α,β-unsaturated/α-hetero) is 2. The van der Waals surface area contributed by atoms with Gasteiger partial charge >= 0.3 is 0 Å². The molecule has 0 bridgehead atoms. The summed E-state index contributed by atoms with van der Waals surface area (Å²) in [7, 11) is 0. The van der Waals surface area contributed by atoms with Gasteiger partial charge in [0.25, 0.3) is 0 Å². The Kier molecular flexibility index (Phi) is 5.43. The number of alkyl halides is 4. The summed E-state index contributed by atoms with van der Waals surface area (Å²) in [6, 6.07) is 11.5. The summed E-state index contributed by atoms with van der Waals surface area (Å²) in [5.74, 6) is -0.0111. The molecule has 1 aromatic heterocycles. The molecule has 0 unspecified atom stereocenters. The van der Waals surface area contributed by atoms with Crippen molar-refractivity contribution in [1.29, 1.82) is 0 Å². The quantitative estimate of drug-likeness (QED) is 0.255. The van der Waals surface area contributed by atoms with Gasteiger partial charge in [0.15, 0.2) is 11.6 Å². The van der Waals surface area contributed by atoms with Crippen LogP contribution in [0.4, 0.5) is 0 Å². The van der Waals surface area contributed by atoms with Gasteiger partial charge in [0, 0.05) is 10.3 Å². The molecule has 0 aliphatic carbocycles. The lowest BCUT2D eigenvalue weighted by atomic mass is 10.0. The molecule has 0 radical (unpaired) electrons. The van der Waals surface area contributed by atoms with Crippen LogP contribution in [0.25, 0.3) is 20.9 Å². The molecule has 0 spiro atoms. The summed E-state index contributed by atoms with van der Waals surface area (Å²) >= 11 is 14.4. The summed E-state index contributed by atoms with van der Waals surface area (Å²) in [5, 5.41) is 3.06. The summed E-state index contributed by atoms with van der Waals surface area (Å²) in [6.07, 6.45) is 0. The first-order valence-electron chi connectivity index (χ1n) is 6.49. The lowest BCUT2D eigenvalue weighted by Gasteiger charge is -2.05. The van der Waals surface area contributed by atoms with Gasteiger partial charge in [-0.3, -0.25) is 9.59 Å². The molecule has 1 heterocycles. The van der Waals surface area contributed by atoms with E-state index in [9.17, 15) is 9.59 Å². The van der Waals surface area contributed by atoms with Gasteiger partial charge in [-0.25, -0.2) is 0 Å². The van der Waals surface area contributed by atoms with Crippen molar-refractivity contribution in [1.82, 2.24) is 0 Å². The number of hydrogen-bond donors (Lipinski definition) is 0. The second-order valence-electron chi connectivity index (χ2n) is 4.86. The highest BCUT2D eigenvalue weighted by atomic mass is 79.9. The number of rotatable bonds is 4. The Labute approximate surface area is 170 Å². The number of halogens is 4. The molecule has 23 heavy (non-hydrogen) atoms. The van der Waals surface area contributed by atoms with Crippen molar-refractivity contribution in [2.75, 3.05) is 0 Å². The van der Waals surface area contributed by atoms with E-state index in [1.807, 2.05) is 36.4 Å². The predicted octanol–water partition coefficient (Wildman–Crippen LogP) is 6.65. The summed E-state index contributed by atoms with van der Waals surface area (Å²) in [6.45, 7) is 0. The van der Waals surface area contributed by atoms with E-state index in [0.29, 0.717) is 10.4 Å². The highest BCUT2D eigenvalue weighted by molar-refractivity contribution is 9.25. The lowest BCUT2D eigenvalue weighted by molar-refractivity contribution is 0.101. The van der Waals surface area contributed by atoms with Crippen LogP contribution in [0.3, 0.4) is 0 Å². The van der Waals surface area contributed by atoms with E-state index < -0.39 is 3.74 Å². The molecule has 2 nitrogen and oxygen atoms in total. The zero-order valence-corrected chi connectivity index (χ0v) is 18.5. The first kappa shape index (κ1) is 17.7. The van der Waals surface area contributed by atoms with E-state index in [0.717, 1.165) is 20.9 Å². The highest BCUT2D eigenvalue weighted by Crippen LogP contribution is 2.35. The second kappa shape index (κ2) is 7.04. The van der Waals surface area contributed by atoms with Crippen LogP contribution in [0.1, 0.15) is 20.0 Å². The average Bonchev–Trinajstić information content (AvgIpc) is 2.96. The summed E-state index contributed by atoms with van der Waals surface area (Å²) in [5.41, 5.74) is 0.643. The van der Waals surface area contributed by atoms with Gasteiger partial charge in [0.05, 0.1) is 4.88 Å². The fourth-order valence-electron chi connectivity index (χ4n) is 2.33. The number of hydrogen-bond acceptors (Lipinski definition) is 3. The topological polar surface area (TPSA) is 34.1 Å². The third kappa shape index (κ3) is 3.49. The van der Waals surface area contributed by atoms with Crippen molar-refractivity contribution in [3.63, 3.8) is 0 Å². The molecule has 7 heteroatoms. The monoisotopic (exact) mass is 580 g/mol. The molecule has 2 aromatic carbocycles. The van der Waals surface area contributed by atoms with Crippen molar-refractivity contribution in [3.05, 3.63) is 46.8 Å². The molecule has 0 saturated carbocycles. The minimum atomic E-state index is -0.392. The van der Waals surface area contributed by atoms with Crippen LogP contribution < -0.4 is 0 Å². The van der Waals surface area contributed by atoms with E-state index in [1.165, 1.54) is 11.3 Å². The third-order valence-corrected chi connectivity index (χ3v) is 6.29. The highest BCUT2D eigenvalue weighted by Gasteiger charge is 2.18. The third-order valence-electron chi connectivity index (χ3n) is 3.42. The van der Waals surface area contributed by atoms with Crippen molar-refractivity contribution < 1.29 is 9.59 Å². The van der Waals surface area contributed by atoms with Crippen molar-refractivity contribution in [2.45, 2.75) is 7.47 Å². The maximum absolute atomic E-state index is 12.1. The Morgan fingerprint density at radius 3 is 2.13 bits per heavy atom. The molecule has 0 aliphatic rings. The largest absolute Gasteiger partial charge is 0.292 e. The number of thiophene rings is 1. The van der Waals surface area contributed by atoms with Gasteiger partial charge in [0.2, 0.25) is 0 Å². The molecule has 0 amide bonds. The van der Waals surface area contributed by atoms with Gasteiger partial charge in [-0.15, -0.1) is 11.3 Å².